The van der Waals surface area contributed by atoms with Crippen LogP contribution in [0.3, 0.4) is 0 Å². The molecule has 0 saturated carbocycles. The molecule has 0 amide bonds. The van der Waals surface area contributed by atoms with Gasteiger partial charge in [-0.05, 0) is 64.2 Å². The van der Waals surface area contributed by atoms with Crippen LogP contribution < -0.4 is 0 Å². The van der Waals surface area contributed by atoms with Gasteiger partial charge in [0.2, 0.25) is 0 Å². The summed E-state index contributed by atoms with van der Waals surface area (Å²) in [5, 5.41) is 11.2. The van der Waals surface area contributed by atoms with E-state index in [1.807, 2.05) is 31.2 Å². The number of morpholine rings is 1. The Balaban J connectivity index is 2.49. The quantitative estimate of drug-likeness (QED) is 0.501. The third-order valence-corrected chi connectivity index (χ3v) is 6.14. The summed E-state index contributed by atoms with van der Waals surface area (Å²) in [7, 11) is 4.13. The maximum Gasteiger partial charge on any atom is 0.185 e. The second kappa shape index (κ2) is 11.0. The van der Waals surface area contributed by atoms with Gasteiger partial charge in [-0.25, -0.2) is 0 Å². The van der Waals surface area contributed by atoms with Gasteiger partial charge in [0.15, 0.2) is 5.88 Å². The lowest BCUT2D eigenvalue weighted by molar-refractivity contribution is 0.0138. The Hall–Kier alpha value is -1.74. The second-order valence-corrected chi connectivity index (χ2v) is 9.10. The highest BCUT2D eigenvalue weighted by molar-refractivity contribution is 6.30. The summed E-state index contributed by atoms with van der Waals surface area (Å²) in [6.45, 7) is 10.8. The first-order valence-corrected chi connectivity index (χ1v) is 11.1. The summed E-state index contributed by atoms with van der Waals surface area (Å²) < 4.78 is 11.6. The molecule has 1 aliphatic heterocycles. The standard InChI is InChI=1S/C24H36ClN3O2/c1-6-30-22(28-14-16-29-17-15-28)18-23(2,3)24(19-26,12-7-13-27(4)5)20-8-10-21(25)11-9-20/h8-11,18H,6-7,12-17H2,1-5H3. The number of benzene rings is 1. The van der Waals surface area contributed by atoms with E-state index in [9.17, 15) is 5.26 Å². The molecule has 5 nitrogen and oxygen atoms in total. The Morgan fingerprint density at radius 2 is 1.90 bits per heavy atom. The minimum Gasteiger partial charge on any atom is -0.480 e. The molecule has 1 aromatic rings. The highest BCUT2D eigenvalue weighted by Crippen LogP contribution is 2.47. The molecule has 1 saturated heterocycles. The number of halogens is 1. The average molecular weight is 434 g/mol. The van der Waals surface area contributed by atoms with Crippen molar-refractivity contribution in [1.29, 1.82) is 5.26 Å². The number of nitriles is 1. The molecule has 0 aliphatic carbocycles. The molecule has 1 fully saturated rings. The molecule has 0 N–H and O–H groups in total. The van der Waals surface area contributed by atoms with E-state index in [0.717, 1.165) is 43.9 Å². The van der Waals surface area contributed by atoms with Crippen LogP contribution in [0.2, 0.25) is 5.02 Å². The Kier molecular flexibility index (Phi) is 9.03. The van der Waals surface area contributed by atoms with Crippen LogP contribution in [0.25, 0.3) is 0 Å². The summed E-state index contributed by atoms with van der Waals surface area (Å²) in [6.07, 6.45) is 3.81. The van der Waals surface area contributed by atoms with Crippen molar-refractivity contribution in [1.82, 2.24) is 9.80 Å². The van der Waals surface area contributed by atoms with E-state index in [-0.39, 0.29) is 0 Å². The molecular formula is C24H36ClN3O2. The van der Waals surface area contributed by atoms with Crippen LogP contribution in [0.15, 0.2) is 36.2 Å². The maximum absolute atomic E-state index is 10.6. The molecule has 1 heterocycles. The lowest BCUT2D eigenvalue weighted by atomic mass is 9.60. The minimum absolute atomic E-state index is 0.468. The van der Waals surface area contributed by atoms with E-state index >= 15 is 0 Å². The van der Waals surface area contributed by atoms with Crippen LogP contribution >= 0.6 is 11.6 Å². The van der Waals surface area contributed by atoms with E-state index in [0.29, 0.717) is 24.8 Å². The molecule has 2 rings (SSSR count). The van der Waals surface area contributed by atoms with Crippen molar-refractivity contribution in [3.63, 3.8) is 0 Å². The largest absolute Gasteiger partial charge is 0.480 e. The number of hydrogen-bond acceptors (Lipinski definition) is 5. The van der Waals surface area contributed by atoms with Crippen molar-refractivity contribution in [3.05, 3.63) is 46.8 Å². The van der Waals surface area contributed by atoms with E-state index in [4.69, 9.17) is 21.1 Å². The van der Waals surface area contributed by atoms with Crippen LogP contribution in [0.4, 0.5) is 0 Å². The zero-order chi connectivity index (χ0) is 22.2. The molecule has 0 spiro atoms. The predicted molar refractivity (Wildman–Crippen MR) is 122 cm³/mol. The van der Waals surface area contributed by atoms with Gasteiger partial charge < -0.3 is 19.3 Å². The number of allylic oxidation sites excluding steroid dienone is 1. The molecular weight excluding hydrogens is 398 g/mol. The van der Waals surface area contributed by atoms with Crippen molar-refractivity contribution >= 4 is 11.6 Å². The van der Waals surface area contributed by atoms with E-state index in [1.54, 1.807) is 0 Å². The zero-order valence-corrected chi connectivity index (χ0v) is 19.8. The fraction of sp³-hybridized carbons (Fsp3) is 0.625. The smallest absolute Gasteiger partial charge is 0.185 e. The van der Waals surface area contributed by atoms with Crippen LogP contribution in [0, 0.1) is 16.7 Å². The molecule has 166 valence electrons. The van der Waals surface area contributed by atoms with E-state index < -0.39 is 10.8 Å². The Bertz CT molecular complexity index is 734. The van der Waals surface area contributed by atoms with Gasteiger partial charge >= 0.3 is 0 Å². The van der Waals surface area contributed by atoms with Gasteiger partial charge in [-0.1, -0.05) is 37.6 Å². The maximum atomic E-state index is 10.6. The average Bonchev–Trinajstić information content (AvgIpc) is 2.72. The molecule has 0 bridgehead atoms. The van der Waals surface area contributed by atoms with Gasteiger partial charge in [-0.3, -0.25) is 0 Å². The van der Waals surface area contributed by atoms with Crippen molar-refractivity contribution in [3.8, 4) is 6.07 Å². The van der Waals surface area contributed by atoms with Crippen LogP contribution in [-0.2, 0) is 14.9 Å². The van der Waals surface area contributed by atoms with Crippen molar-refractivity contribution < 1.29 is 9.47 Å². The van der Waals surface area contributed by atoms with Gasteiger partial charge in [0.25, 0.3) is 0 Å². The zero-order valence-electron chi connectivity index (χ0n) is 19.1. The predicted octanol–water partition coefficient (Wildman–Crippen LogP) is 4.68. The molecule has 1 aliphatic rings. The molecule has 1 aromatic carbocycles. The Morgan fingerprint density at radius 1 is 1.27 bits per heavy atom. The van der Waals surface area contributed by atoms with Crippen molar-refractivity contribution in [2.24, 2.45) is 5.41 Å². The first-order valence-electron chi connectivity index (χ1n) is 10.8. The number of rotatable bonds is 10. The third kappa shape index (κ3) is 5.91. The highest BCUT2D eigenvalue weighted by Gasteiger charge is 2.46. The van der Waals surface area contributed by atoms with E-state index in [1.165, 1.54) is 0 Å². The summed E-state index contributed by atoms with van der Waals surface area (Å²) in [5.41, 5.74) is -0.181. The Labute approximate surface area is 187 Å². The molecule has 1 atom stereocenters. The van der Waals surface area contributed by atoms with E-state index in [2.05, 4.69) is 49.9 Å². The first kappa shape index (κ1) is 24.5. The molecule has 0 aromatic heterocycles. The highest BCUT2D eigenvalue weighted by atomic mass is 35.5. The lowest BCUT2D eigenvalue weighted by Crippen LogP contribution is -2.42. The Morgan fingerprint density at radius 3 is 2.43 bits per heavy atom. The summed E-state index contributed by atoms with van der Waals surface area (Å²) in [5.74, 6) is 0.840. The summed E-state index contributed by atoms with van der Waals surface area (Å²) in [4.78, 5) is 4.38. The van der Waals surface area contributed by atoms with Crippen LogP contribution in [0.1, 0.15) is 39.2 Å². The normalized spacial score (nSPS) is 17.5. The summed E-state index contributed by atoms with van der Waals surface area (Å²) in [6, 6.07) is 10.4. The monoisotopic (exact) mass is 433 g/mol. The number of hydrogen-bond donors (Lipinski definition) is 0. The van der Waals surface area contributed by atoms with Crippen LogP contribution in [0.5, 0.6) is 0 Å². The SMILES string of the molecule is CCOC(=CC(C)(C)C(C#N)(CCCN(C)C)c1ccc(Cl)cc1)N1CCOCC1. The molecule has 6 heteroatoms. The summed E-state index contributed by atoms with van der Waals surface area (Å²) >= 11 is 6.15. The van der Waals surface area contributed by atoms with Gasteiger partial charge in [-0.15, -0.1) is 0 Å². The van der Waals surface area contributed by atoms with Gasteiger partial charge in [0.1, 0.15) is 0 Å². The molecule has 30 heavy (non-hydrogen) atoms. The molecule has 0 radical (unpaired) electrons. The van der Waals surface area contributed by atoms with Crippen LogP contribution in [-0.4, -0.2) is 63.4 Å². The minimum atomic E-state index is -0.706. The van der Waals surface area contributed by atoms with Gasteiger partial charge in [0.05, 0.1) is 31.3 Å². The number of nitrogens with zero attached hydrogens (tertiary/aromatic N) is 3. The van der Waals surface area contributed by atoms with Crippen molar-refractivity contribution in [2.45, 2.75) is 39.0 Å². The van der Waals surface area contributed by atoms with Gasteiger partial charge in [0, 0.05) is 23.5 Å². The third-order valence-electron chi connectivity index (χ3n) is 5.88. The topological polar surface area (TPSA) is 48.7 Å². The van der Waals surface area contributed by atoms with Crippen molar-refractivity contribution in [2.75, 3.05) is 53.6 Å². The second-order valence-electron chi connectivity index (χ2n) is 8.67. The first-order chi connectivity index (χ1) is 14.3. The fourth-order valence-corrected chi connectivity index (χ4v) is 4.21. The molecule has 1 unspecified atom stereocenters. The van der Waals surface area contributed by atoms with Gasteiger partial charge in [-0.2, -0.15) is 5.26 Å². The fourth-order valence-electron chi connectivity index (χ4n) is 4.09. The lowest BCUT2D eigenvalue weighted by Gasteiger charge is -2.42. The number of ether oxygens (including phenoxy) is 2.